The number of hydrogen-bond acceptors (Lipinski definition) is 1. The molecule has 0 spiro atoms. The molecule has 0 unspecified atom stereocenters. The van der Waals surface area contributed by atoms with Crippen molar-refractivity contribution < 1.29 is 4.79 Å². The van der Waals surface area contributed by atoms with Gasteiger partial charge in [-0.15, -0.1) is 0 Å². The van der Waals surface area contributed by atoms with Crippen LogP contribution in [0.15, 0.2) is 36.5 Å². The van der Waals surface area contributed by atoms with E-state index in [9.17, 15) is 4.79 Å². The Balaban J connectivity index is 1.79. The van der Waals surface area contributed by atoms with Crippen molar-refractivity contribution in [3.05, 3.63) is 52.8 Å². The maximum atomic E-state index is 12.5. The summed E-state index contributed by atoms with van der Waals surface area (Å²) in [6, 6.07) is 9.58. The van der Waals surface area contributed by atoms with Crippen molar-refractivity contribution in [1.82, 2.24) is 9.47 Å². The van der Waals surface area contributed by atoms with Crippen molar-refractivity contribution in [2.24, 2.45) is 0 Å². The van der Waals surface area contributed by atoms with Crippen LogP contribution in [-0.2, 0) is 6.54 Å². The SMILES string of the molecule is Cc1ccc(Cl)cc1NC(=O)N1CCn2cccc2[C@H]1C. The molecule has 1 atom stereocenters. The molecule has 0 fully saturated rings. The minimum atomic E-state index is -0.0830. The van der Waals surface area contributed by atoms with E-state index in [4.69, 9.17) is 11.6 Å². The molecule has 21 heavy (non-hydrogen) atoms. The molecule has 1 N–H and O–H groups in total. The Labute approximate surface area is 129 Å². The first-order valence-corrected chi connectivity index (χ1v) is 7.43. The molecule has 1 aromatic heterocycles. The molecule has 4 nitrogen and oxygen atoms in total. The molecule has 0 bridgehead atoms. The van der Waals surface area contributed by atoms with E-state index in [1.807, 2.05) is 30.0 Å². The molecule has 3 rings (SSSR count). The fourth-order valence-electron chi connectivity index (χ4n) is 2.77. The van der Waals surface area contributed by atoms with E-state index < -0.39 is 0 Å². The van der Waals surface area contributed by atoms with Crippen LogP contribution in [0.1, 0.15) is 24.2 Å². The fraction of sp³-hybridized carbons (Fsp3) is 0.312. The Hall–Kier alpha value is -1.94. The number of nitrogens with one attached hydrogen (secondary N) is 1. The third kappa shape index (κ3) is 2.63. The first kappa shape index (κ1) is 14.0. The van der Waals surface area contributed by atoms with Crippen LogP contribution in [0, 0.1) is 6.92 Å². The number of anilines is 1. The topological polar surface area (TPSA) is 37.3 Å². The second-order valence-corrected chi connectivity index (χ2v) is 5.82. The van der Waals surface area contributed by atoms with E-state index in [2.05, 4.69) is 29.1 Å². The summed E-state index contributed by atoms with van der Waals surface area (Å²) in [6.45, 7) is 5.54. The number of halogens is 1. The van der Waals surface area contributed by atoms with Gasteiger partial charge in [-0.25, -0.2) is 4.79 Å². The number of hydrogen-bond donors (Lipinski definition) is 1. The molecule has 0 saturated heterocycles. The quantitative estimate of drug-likeness (QED) is 0.847. The number of fused-ring (bicyclic) bond motifs is 1. The average molecular weight is 304 g/mol. The van der Waals surface area contributed by atoms with Crippen LogP contribution in [0.3, 0.4) is 0 Å². The van der Waals surface area contributed by atoms with E-state index in [0.29, 0.717) is 11.6 Å². The van der Waals surface area contributed by atoms with Gasteiger partial charge in [0.1, 0.15) is 0 Å². The highest BCUT2D eigenvalue weighted by atomic mass is 35.5. The number of amides is 2. The molecule has 110 valence electrons. The van der Waals surface area contributed by atoms with Crippen molar-refractivity contribution in [2.45, 2.75) is 26.4 Å². The molecule has 2 heterocycles. The van der Waals surface area contributed by atoms with Gasteiger partial charge < -0.3 is 14.8 Å². The van der Waals surface area contributed by atoms with Crippen molar-refractivity contribution in [1.29, 1.82) is 0 Å². The Morgan fingerprint density at radius 3 is 2.95 bits per heavy atom. The Morgan fingerprint density at radius 1 is 1.33 bits per heavy atom. The largest absolute Gasteiger partial charge is 0.348 e. The summed E-state index contributed by atoms with van der Waals surface area (Å²) in [6.07, 6.45) is 2.06. The van der Waals surface area contributed by atoms with Gasteiger partial charge in [0.15, 0.2) is 0 Å². The molecule has 0 aliphatic carbocycles. The molecule has 2 amide bonds. The number of urea groups is 1. The van der Waals surface area contributed by atoms with Crippen LogP contribution in [0.2, 0.25) is 5.02 Å². The zero-order chi connectivity index (χ0) is 15.0. The van der Waals surface area contributed by atoms with Crippen molar-refractivity contribution >= 4 is 23.3 Å². The standard InChI is InChI=1S/C16H18ClN3O/c1-11-5-6-13(17)10-14(11)18-16(21)20-9-8-19-7-3-4-15(19)12(20)2/h3-7,10,12H,8-9H2,1-2H3,(H,18,21)/t12-/m1/s1. The number of aromatic nitrogens is 1. The summed E-state index contributed by atoms with van der Waals surface area (Å²) in [5, 5.41) is 3.59. The van der Waals surface area contributed by atoms with Crippen molar-refractivity contribution in [3.63, 3.8) is 0 Å². The Morgan fingerprint density at radius 2 is 2.14 bits per heavy atom. The number of nitrogens with zero attached hydrogens (tertiary/aromatic N) is 2. The minimum Gasteiger partial charge on any atom is -0.348 e. The summed E-state index contributed by atoms with van der Waals surface area (Å²) in [5.41, 5.74) is 2.93. The van der Waals surface area contributed by atoms with Gasteiger partial charge in [0.05, 0.1) is 6.04 Å². The lowest BCUT2D eigenvalue weighted by molar-refractivity contribution is 0.175. The lowest BCUT2D eigenvalue weighted by atomic mass is 10.1. The molecule has 1 aliphatic heterocycles. The minimum absolute atomic E-state index is 0.0632. The van der Waals surface area contributed by atoms with Gasteiger partial charge >= 0.3 is 6.03 Å². The van der Waals surface area contributed by atoms with Crippen LogP contribution in [0.25, 0.3) is 0 Å². The van der Waals surface area contributed by atoms with E-state index in [1.54, 1.807) is 6.07 Å². The molecule has 2 aromatic rings. The summed E-state index contributed by atoms with van der Waals surface area (Å²) in [5.74, 6) is 0. The smallest absolute Gasteiger partial charge is 0.322 e. The third-order valence-corrected chi connectivity index (χ3v) is 4.28. The van der Waals surface area contributed by atoms with Crippen LogP contribution < -0.4 is 5.32 Å². The summed E-state index contributed by atoms with van der Waals surface area (Å²) in [7, 11) is 0. The van der Waals surface area contributed by atoms with Gasteiger partial charge in [0.25, 0.3) is 0 Å². The number of rotatable bonds is 1. The predicted octanol–water partition coefficient (Wildman–Crippen LogP) is 4.06. The van der Waals surface area contributed by atoms with Gasteiger partial charge in [-0.05, 0) is 43.7 Å². The van der Waals surface area contributed by atoms with Gasteiger partial charge in [0.2, 0.25) is 0 Å². The lowest BCUT2D eigenvalue weighted by Gasteiger charge is -2.35. The van der Waals surface area contributed by atoms with Crippen LogP contribution >= 0.6 is 11.6 Å². The molecular weight excluding hydrogens is 286 g/mol. The van der Waals surface area contributed by atoms with Crippen molar-refractivity contribution in [2.75, 3.05) is 11.9 Å². The fourth-order valence-corrected chi connectivity index (χ4v) is 2.94. The maximum Gasteiger partial charge on any atom is 0.322 e. The molecule has 0 radical (unpaired) electrons. The summed E-state index contributed by atoms with van der Waals surface area (Å²) in [4.78, 5) is 14.4. The van der Waals surface area contributed by atoms with Crippen LogP contribution in [0.5, 0.6) is 0 Å². The molecule has 0 saturated carbocycles. The van der Waals surface area contributed by atoms with E-state index in [1.165, 1.54) is 5.69 Å². The maximum absolute atomic E-state index is 12.5. The first-order chi connectivity index (χ1) is 10.1. The summed E-state index contributed by atoms with van der Waals surface area (Å²) >= 11 is 6.00. The second kappa shape index (κ2) is 5.45. The Kier molecular flexibility index (Phi) is 3.64. The highest BCUT2D eigenvalue weighted by molar-refractivity contribution is 6.31. The van der Waals surface area contributed by atoms with E-state index >= 15 is 0 Å². The highest BCUT2D eigenvalue weighted by Crippen LogP contribution is 2.27. The number of aryl methyl sites for hydroxylation is 1. The van der Waals surface area contributed by atoms with Gasteiger partial charge in [-0.1, -0.05) is 17.7 Å². The van der Waals surface area contributed by atoms with Gasteiger partial charge in [-0.2, -0.15) is 0 Å². The van der Waals surface area contributed by atoms with Crippen molar-refractivity contribution in [3.8, 4) is 0 Å². The zero-order valence-corrected chi connectivity index (χ0v) is 12.9. The number of benzene rings is 1. The van der Waals surface area contributed by atoms with E-state index in [-0.39, 0.29) is 12.1 Å². The van der Waals surface area contributed by atoms with Gasteiger partial charge in [-0.3, -0.25) is 0 Å². The molecule has 1 aromatic carbocycles. The third-order valence-electron chi connectivity index (χ3n) is 4.04. The molecule has 5 heteroatoms. The number of carbonyl (C=O) groups is 1. The first-order valence-electron chi connectivity index (χ1n) is 7.05. The summed E-state index contributed by atoms with van der Waals surface area (Å²) < 4.78 is 2.19. The number of carbonyl (C=O) groups excluding carboxylic acids is 1. The second-order valence-electron chi connectivity index (χ2n) is 5.39. The highest BCUT2D eigenvalue weighted by Gasteiger charge is 2.27. The van der Waals surface area contributed by atoms with E-state index in [0.717, 1.165) is 17.8 Å². The van der Waals surface area contributed by atoms with Crippen LogP contribution in [-0.4, -0.2) is 22.0 Å². The molecular formula is C16H18ClN3O. The predicted molar refractivity (Wildman–Crippen MR) is 84.8 cm³/mol. The monoisotopic (exact) mass is 303 g/mol. The normalized spacial score (nSPS) is 17.5. The molecule has 1 aliphatic rings. The Bertz CT molecular complexity index is 680. The average Bonchev–Trinajstić information content (AvgIpc) is 2.92. The van der Waals surface area contributed by atoms with Crippen LogP contribution in [0.4, 0.5) is 10.5 Å². The van der Waals surface area contributed by atoms with Gasteiger partial charge in [0, 0.05) is 35.7 Å². The lowest BCUT2D eigenvalue weighted by Crippen LogP contribution is -2.43. The zero-order valence-electron chi connectivity index (χ0n) is 12.1.